The van der Waals surface area contributed by atoms with Crippen molar-refractivity contribution >= 4 is 0 Å². The molecule has 1 saturated heterocycles. The molecule has 88 valence electrons. The molecule has 1 aliphatic heterocycles. The van der Waals surface area contributed by atoms with Crippen molar-refractivity contribution in [2.45, 2.75) is 6.54 Å². The number of pyridine rings is 1. The third-order valence-electron chi connectivity index (χ3n) is 2.99. The first-order chi connectivity index (χ1) is 7.88. The maximum Gasteiger partial charge on any atom is 0.102 e. The quantitative estimate of drug-likeness (QED) is 0.764. The van der Waals surface area contributed by atoms with Gasteiger partial charge in [-0.05, 0) is 11.6 Å². The molecule has 0 amide bonds. The number of alkyl halides is 1. The number of aromatic nitrogens is 1. The van der Waals surface area contributed by atoms with Crippen LogP contribution in [0.25, 0.3) is 0 Å². The van der Waals surface area contributed by atoms with Crippen molar-refractivity contribution < 1.29 is 4.39 Å². The maximum atomic E-state index is 12.2. The summed E-state index contributed by atoms with van der Waals surface area (Å²) in [6.45, 7) is 5.30. The van der Waals surface area contributed by atoms with Crippen LogP contribution in [0, 0.1) is 0 Å². The summed E-state index contributed by atoms with van der Waals surface area (Å²) in [6, 6.07) is 4.07. The number of piperazine rings is 1. The van der Waals surface area contributed by atoms with Gasteiger partial charge in [0.2, 0.25) is 0 Å². The van der Waals surface area contributed by atoms with E-state index in [0.29, 0.717) is 6.54 Å². The molecule has 1 aromatic heterocycles. The lowest BCUT2D eigenvalue weighted by Crippen LogP contribution is -2.46. The van der Waals surface area contributed by atoms with E-state index >= 15 is 0 Å². The standard InChI is InChI=1S/C12H18FN3/c13-3-5-15-6-8-16(9-7-15)11-12-2-1-4-14-10-12/h1-2,4,10H,3,5-9,11H2. The highest BCUT2D eigenvalue weighted by atomic mass is 19.1. The minimum absolute atomic E-state index is 0.234. The number of hydrogen-bond acceptors (Lipinski definition) is 3. The second kappa shape index (κ2) is 5.92. The van der Waals surface area contributed by atoms with Crippen LogP contribution in [0.4, 0.5) is 4.39 Å². The van der Waals surface area contributed by atoms with Gasteiger partial charge in [0.05, 0.1) is 0 Å². The van der Waals surface area contributed by atoms with Crippen molar-refractivity contribution in [2.75, 3.05) is 39.4 Å². The summed E-state index contributed by atoms with van der Waals surface area (Å²) in [6.07, 6.45) is 3.70. The lowest BCUT2D eigenvalue weighted by atomic mass is 10.2. The third kappa shape index (κ3) is 3.25. The molecule has 0 aromatic carbocycles. The molecule has 16 heavy (non-hydrogen) atoms. The first kappa shape index (κ1) is 11.5. The molecule has 1 fully saturated rings. The van der Waals surface area contributed by atoms with E-state index in [1.54, 1.807) is 6.20 Å². The van der Waals surface area contributed by atoms with Crippen LogP contribution in [0.1, 0.15) is 5.56 Å². The van der Waals surface area contributed by atoms with Crippen molar-refractivity contribution in [1.82, 2.24) is 14.8 Å². The molecule has 0 spiro atoms. The van der Waals surface area contributed by atoms with Gasteiger partial charge in [-0.2, -0.15) is 0 Å². The molecule has 0 bridgehead atoms. The average Bonchev–Trinajstić information content (AvgIpc) is 2.33. The number of halogens is 1. The van der Waals surface area contributed by atoms with E-state index in [-0.39, 0.29) is 6.67 Å². The molecular weight excluding hydrogens is 205 g/mol. The van der Waals surface area contributed by atoms with Gasteiger partial charge in [-0.25, -0.2) is 4.39 Å². The Kier molecular flexibility index (Phi) is 4.25. The Morgan fingerprint density at radius 1 is 1.19 bits per heavy atom. The third-order valence-corrected chi connectivity index (χ3v) is 2.99. The van der Waals surface area contributed by atoms with Gasteiger partial charge in [0, 0.05) is 51.7 Å². The van der Waals surface area contributed by atoms with E-state index < -0.39 is 0 Å². The topological polar surface area (TPSA) is 19.4 Å². The largest absolute Gasteiger partial charge is 0.298 e. The number of rotatable bonds is 4. The van der Waals surface area contributed by atoms with Crippen LogP contribution in [-0.4, -0.2) is 54.2 Å². The monoisotopic (exact) mass is 223 g/mol. The van der Waals surface area contributed by atoms with Crippen LogP contribution >= 0.6 is 0 Å². The number of hydrogen-bond donors (Lipinski definition) is 0. The lowest BCUT2D eigenvalue weighted by Gasteiger charge is -2.34. The Balaban J connectivity index is 1.77. The zero-order valence-electron chi connectivity index (χ0n) is 9.48. The van der Waals surface area contributed by atoms with Gasteiger partial charge in [-0.15, -0.1) is 0 Å². The van der Waals surface area contributed by atoms with Crippen LogP contribution in [0.3, 0.4) is 0 Å². The molecular formula is C12H18FN3. The van der Waals surface area contributed by atoms with E-state index in [2.05, 4.69) is 20.9 Å². The zero-order chi connectivity index (χ0) is 11.2. The molecule has 0 aliphatic carbocycles. The van der Waals surface area contributed by atoms with Gasteiger partial charge in [0.25, 0.3) is 0 Å². The van der Waals surface area contributed by atoms with Crippen LogP contribution in [0.5, 0.6) is 0 Å². The Bertz CT molecular complexity index is 296. The molecule has 2 rings (SSSR count). The lowest BCUT2D eigenvalue weighted by molar-refractivity contribution is 0.121. The summed E-state index contributed by atoms with van der Waals surface area (Å²) < 4.78 is 12.2. The summed E-state index contributed by atoms with van der Waals surface area (Å²) in [5.74, 6) is 0. The van der Waals surface area contributed by atoms with Gasteiger partial charge in [0.15, 0.2) is 0 Å². The fraction of sp³-hybridized carbons (Fsp3) is 0.583. The Morgan fingerprint density at radius 3 is 2.56 bits per heavy atom. The summed E-state index contributed by atoms with van der Waals surface area (Å²) >= 11 is 0. The summed E-state index contributed by atoms with van der Waals surface area (Å²) in [7, 11) is 0. The van der Waals surface area contributed by atoms with Crippen molar-refractivity contribution in [2.24, 2.45) is 0 Å². The van der Waals surface area contributed by atoms with Gasteiger partial charge in [0.1, 0.15) is 6.67 Å². The van der Waals surface area contributed by atoms with E-state index in [0.717, 1.165) is 32.7 Å². The summed E-state index contributed by atoms with van der Waals surface area (Å²) in [4.78, 5) is 8.68. The maximum absolute atomic E-state index is 12.2. The van der Waals surface area contributed by atoms with Crippen LogP contribution in [-0.2, 0) is 6.54 Å². The highest BCUT2D eigenvalue weighted by Crippen LogP contribution is 2.07. The minimum atomic E-state index is -0.234. The minimum Gasteiger partial charge on any atom is -0.298 e. The first-order valence-corrected chi connectivity index (χ1v) is 5.78. The van der Waals surface area contributed by atoms with E-state index in [4.69, 9.17) is 0 Å². The highest BCUT2D eigenvalue weighted by Gasteiger charge is 2.16. The van der Waals surface area contributed by atoms with Gasteiger partial charge < -0.3 is 0 Å². The van der Waals surface area contributed by atoms with Crippen molar-refractivity contribution in [3.63, 3.8) is 0 Å². The van der Waals surface area contributed by atoms with Gasteiger partial charge >= 0.3 is 0 Å². The van der Waals surface area contributed by atoms with Crippen molar-refractivity contribution in [3.8, 4) is 0 Å². The normalized spacial score (nSPS) is 18.8. The Morgan fingerprint density at radius 2 is 1.94 bits per heavy atom. The van der Waals surface area contributed by atoms with Gasteiger partial charge in [-0.1, -0.05) is 6.07 Å². The molecule has 3 nitrogen and oxygen atoms in total. The zero-order valence-corrected chi connectivity index (χ0v) is 9.48. The summed E-state index contributed by atoms with van der Waals surface area (Å²) in [5, 5.41) is 0. The van der Waals surface area contributed by atoms with E-state index in [9.17, 15) is 4.39 Å². The molecule has 2 heterocycles. The average molecular weight is 223 g/mol. The second-order valence-electron chi connectivity index (χ2n) is 4.17. The van der Waals surface area contributed by atoms with Crippen LogP contribution in [0.15, 0.2) is 24.5 Å². The van der Waals surface area contributed by atoms with Crippen LogP contribution in [0.2, 0.25) is 0 Å². The Hall–Kier alpha value is -1.00. The molecule has 0 radical (unpaired) electrons. The smallest absolute Gasteiger partial charge is 0.102 e. The fourth-order valence-electron chi connectivity index (χ4n) is 2.04. The fourth-order valence-corrected chi connectivity index (χ4v) is 2.04. The molecule has 1 aromatic rings. The Labute approximate surface area is 95.9 Å². The van der Waals surface area contributed by atoms with E-state index in [1.165, 1.54) is 5.56 Å². The van der Waals surface area contributed by atoms with Crippen LogP contribution < -0.4 is 0 Å². The SMILES string of the molecule is FCCN1CCN(Cc2cccnc2)CC1. The second-order valence-corrected chi connectivity index (χ2v) is 4.17. The highest BCUT2D eigenvalue weighted by molar-refractivity contribution is 5.08. The first-order valence-electron chi connectivity index (χ1n) is 5.78. The molecule has 4 heteroatoms. The predicted octanol–water partition coefficient (Wildman–Crippen LogP) is 1.17. The van der Waals surface area contributed by atoms with E-state index in [1.807, 2.05) is 12.3 Å². The van der Waals surface area contributed by atoms with Crippen molar-refractivity contribution in [1.29, 1.82) is 0 Å². The molecule has 0 atom stereocenters. The van der Waals surface area contributed by atoms with Crippen molar-refractivity contribution in [3.05, 3.63) is 30.1 Å². The molecule has 0 saturated carbocycles. The predicted molar refractivity (Wildman–Crippen MR) is 61.9 cm³/mol. The summed E-state index contributed by atoms with van der Waals surface area (Å²) in [5.41, 5.74) is 1.25. The molecule has 1 aliphatic rings. The van der Waals surface area contributed by atoms with Gasteiger partial charge in [-0.3, -0.25) is 14.8 Å². The number of nitrogens with zero attached hydrogens (tertiary/aromatic N) is 3. The molecule has 0 unspecified atom stereocenters. The molecule has 0 N–H and O–H groups in total.